The van der Waals surface area contributed by atoms with Crippen molar-refractivity contribution in [3.8, 4) is 11.3 Å². The fraction of sp³-hybridized carbons (Fsp3) is 0.292. The summed E-state index contributed by atoms with van der Waals surface area (Å²) in [6.45, 7) is 7.34. The van der Waals surface area contributed by atoms with E-state index in [0.717, 1.165) is 55.5 Å². The molecule has 0 atom stereocenters. The summed E-state index contributed by atoms with van der Waals surface area (Å²) in [5.74, 6) is 1.41. The highest BCUT2D eigenvalue weighted by molar-refractivity contribution is 7.90. The highest BCUT2D eigenvalue weighted by Gasteiger charge is 2.17. The molecule has 1 aromatic carbocycles. The van der Waals surface area contributed by atoms with Crippen molar-refractivity contribution in [2.75, 3.05) is 49.2 Å². The smallest absolute Gasteiger partial charge is 0.247 e. The van der Waals surface area contributed by atoms with E-state index in [0.29, 0.717) is 11.6 Å². The second-order valence-electron chi connectivity index (χ2n) is 8.37. The Morgan fingerprint density at radius 2 is 1.79 bits per heavy atom. The zero-order valence-corrected chi connectivity index (χ0v) is 20.0. The van der Waals surface area contributed by atoms with Gasteiger partial charge in [0.05, 0.1) is 22.5 Å². The average Bonchev–Trinajstić information content (AvgIpc) is 3.27. The van der Waals surface area contributed by atoms with Gasteiger partial charge in [-0.15, -0.1) is 5.10 Å². The summed E-state index contributed by atoms with van der Waals surface area (Å²) in [7, 11) is -3.31. The number of pyridine rings is 2. The van der Waals surface area contributed by atoms with E-state index in [4.69, 9.17) is 0 Å². The summed E-state index contributed by atoms with van der Waals surface area (Å²) in [4.78, 5) is 14.2. The van der Waals surface area contributed by atoms with Gasteiger partial charge in [0.1, 0.15) is 5.82 Å². The minimum atomic E-state index is -3.31. The van der Waals surface area contributed by atoms with Crippen LogP contribution in [0, 0.1) is 0 Å². The second kappa shape index (κ2) is 9.03. The van der Waals surface area contributed by atoms with Crippen LogP contribution in [-0.4, -0.2) is 71.9 Å². The number of hydrogen-bond donors (Lipinski definition) is 1. The molecule has 4 aromatic rings. The van der Waals surface area contributed by atoms with Crippen molar-refractivity contribution in [2.45, 2.75) is 11.8 Å². The maximum absolute atomic E-state index is 12.0. The molecule has 0 spiro atoms. The van der Waals surface area contributed by atoms with Crippen LogP contribution in [0.2, 0.25) is 0 Å². The lowest BCUT2D eigenvalue weighted by Gasteiger charge is -2.34. The summed E-state index contributed by atoms with van der Waals surface area (Å²) in [6, 6.07) is 16.5. The van der Waals surface area contributed by atoms with Crippen molar-refractivity contribution in [1.29, 1.82) is 0 Å². The third-order valence-electron chi connectivity index (χ3n) is 6.07. The van der Waals surface area contributed by atoms with E-state index in [1.807, 2.05) is 36.4 Å². The first-order chi connectivity index (χ1) is 16.4. The first kappa shape index (κ1) is 22.3. The predicted molar refractivity (Wildman–Crippen MR) is 133 cm³/mol. The van der Waals surface area contributed by atoms with Crippen LogP contribution in [0.25, 0.3) is 16.9 Å². The molecule has 0 saturated carbocycles. The number of nitrogens with zero attached hydrogens (tertiary/aromatic N) is 6. The lowest BCUT2D eigenvalue weighted by molar-refractivity contribution is 0.270. The van der Waals surface area contributed by atoms with Crippen molar-refractivity contribution < 1.29 is 8.42 Å². The van der Waals surface area contributed by atoms with E-state index < -0.39 is 9.84 Å². The van der Waals surface area contributed by atoms with Gasteiger partial charge in [-0.05, 0) is 42.9 Å². The quantitative estimate of drug-likeness (QED) is 0.453. The van der Waals surface area contributed by atoms with Crippen molar-refractivity contribution in [3.63, 3.8) is 0 Å². The maximum Gasteiger partial charge on any atom is 0.247 e. The molecule has 0 radical (unpaired) electrons. The number of fused-ring (bicyclic) bond motifs is 1. The van der Waals surface area contributed by atoms with Crippen LogP contribution in [0.1, 0.15) is 6.92 Å². The van der Waals surface area contributed by atoms with Crippen molar-refractivity contribution >= 4 is 32.9 Å². The van der Waals surface area contributed by atoms with Gasteiger partial charge in [-0.1, -0.05) is 25.1 Å². The minimum Gasteiger partial charge on any atom is -0.354 e. The van der Waals surface area contributed by atoms with Crippen LogP contribution in [0.4, 0.5) is 17.5 Å². The average molecular weight is 478 g/mol. The van der Waals surface area contributed by atoms with E-state index in [1.54, 1.807) is 28.9 Å². The van der Waals surface area contributed by atoms with Crippen molar-refractivity contribution in [3.05, 3.63) is 60.8 Å². The molecule has 4 heterocycles. The number of aromatic nitrogens is 4. The van der Waals surface area contributed by atoms with Gasteiger partial charge in [0, 0.05) is 38.0 Å². The largest absolute Gasteiger partial charge is 0.354 e. The topological polar surface area (TPSA) is 95.7 Å². The number of likely N-dealkylation sites (N-methyl/N-ethyl adjacent to an activating group) is 1. The van der Waals surface area contributed by atoms with Crippen LogP contribution >= 0.6 is 0 Å². The number of nitrogens with one attached hydrogen (secondary N) is 1. The number of piperazine rings is 1. The number of rotatable bonds is 6. The van der Waals surface area contributed by atoms with Gasteiger partial charge in [-0.25, -0.2) is 17.9 Å². The van der Waals surface area contributed by atoms with Gasteiger partial charge in [0.2, 0.25) is 5.95 Å². The third kappa shape index (κ3) is 4.59. The Bertz CT molecular complexity index is 1410. The molecule has 0 unspecified atom stereocenters. The molecule has 1 fully saturated rings. The van der Waals surface area contributed by atoms with Crippen molar-refractivity contribution in [2.24, 2.45) is 0 Å². The highest BCUT2D eigenvalue weighted by atomic mass is 32.2. The molecule has 9 nitrogen and oxygen atoms in total. The Morgan fingerprint density at radius 1 is 1.00 bits per heavy atom. The van der Waals surface area contributed by atoms with E-state index >= 15 is 0 Å². The van der Waals surface area contributed by atoms with E-state index in [-0.39, 0.29) is 4.90 Å². The SMILES string of the molecule is CCN1CCN(c2ccc(Nc3nc4cccc(-c5cccc(S(C)(=O)=O)c5)n4n3)cn2)CC1. The summed E-state index contributed by atoms with van der Waals surface area (Å²) in [5, 5.41) is 7.83. The molecule has 176 valence electrons. The molecule has 3 aromatic heterocycles. The molecule has 0 aliphatic carbocycles. The third-order valence-corrected chi connectivity index (χ3v) is 7.18. The summed E-state index contributed by atoms with van der Waals surface area (Å²) < 4.78 is 25.7. The van der Waals surface area contributed by atoms with Crippen molar-refractivity contribution in [1.82, 2.24) is 24.5 Å². The molecule has 0 amide bonds. The van der Waals surface area contributed by atoms with E-state index in [9.17, 15) is 8.42 Å². The Morgan fingerprint density at radius 3 is 2.50 bits per heavy atom. The van der Waals surface area contributed by atoms with Gasteiger partial charge in [-0.2, -0.15) is 4.98 Å². The molecular weight excluding hydrogens is 450 g/mol. The highest BCUT2D eigenvalue weighted by Crippen LogP contribution is 2.25. The minimum absolute atomic E-state index is 0.266. The molecule has 1 saturated heterocycles. The molecule has 1 N–H and O–H groups in total. The molecule has 1 aliphatic rings. The van der Waals surface area contributed by atoms with Gasteiger partial charge in [0.25, 0.3) is 0 Å². The summed E-state index contributed by atoms with van der Waals surface area (Å²) in [5.41, 5.74) is 2.96. The zero-order chi connectivity index (χ0) is 23.7. The molecule has 1 aliphatic heterocycles. The van der Waals surface area contributed by atoms with Gasteiger partial charge < -0.3 is 15.1 Å². The van der Waals surface area contributed by atoms with Crippen LogP contribution in [-0.2, 0) is 9.84 Å². The zero-order valence-electron chi connectivity index (χ0n) is 19.2. The fourth-order valence-electron chi connectivity index (χ4n) is 4.13. The molecule has 5 rings (SSSR count). The normalized spacial score (nSPS) is 15.1. The van der Waals surface area contributed by atoms with Gasteiger partial charge >= 0.3 is 0 Å². The standard InChI is InChI=1S/C24H27N7O2S/c1-3-29-12-14-30(15-13-29)22-11-10-19(17-25-22)26-24-27-23-9-5-8-21(31(23)28-24)18-6-4-7-20(16-18)34(2,32)33/h4-11,16-17H,3,12-15H2,1-2H3,(H,26,28). The van der Waals surface area contributed by atoms with Gasteiger partial charge in [0.15, 0.2) is 15.5 Å². The maximum atomic E-state index is 12.0. The van der Waals surface area contributed by atoms with Crippen LogP contribution in [0.15, 0.2) is 65.7 Å². The van der Waals surface area contributed by atoms with Gasteiger partial charge in [-0.3, -0.25) is 0 Å². The van der Waals surface area contributed by atoms with E-state index in [2.05, 4.69) is 37.1 Å². The van der Waals surface area contributed by atoms with Crippen LogP contribution < -0.4 is 10.2 Å². The number of anilines is 3. The number of sulfone groups is 1. The Kier molecular flexibility index (Phi) is 5.93. The lowest BCUT2D eigenvalue weighted by atomic mass is 10.1. The molecular formula is C24H27N7O2S. The molecule has 0 bridgehead atoms. The van der Waals surface area contributed by atoms with E-state index in [1.165, 1.54) is 6.26 Å². The number of hydrogen-bond acceptors (Lipinski definition) is 8. The summed E-state index contributed by atoms with van der Waals surface area (Å²) >= 11 is 0. The first-order valence-electron chi connectivity index (χ1n) is 11.3. The Hall–Kier alpha value is -3.50. The molecule has 34 heavy (non-hydrogen) atoms. The second-order valence-corrected chi connectivity index (χ2v) is 10.4. The Labute approximate surface area is 199 Å². The monoisotopic (exact) mass is 477 g/mol. The Balaban J connectivity index is 1.37. The predicted octanol–water partition coefficient (Wildman–Crippen LogP) is 3.08. The lowest BCUT2D eigenvalue weighted by Crippen LogP contribution is -2.46. The first-order valence-corrected chi connectivity index (χ1v) is 13.2. The molecule has 10 heteroatoms. The fourth-order valence-corrected chi connectivity index (χ4v) is 4.80. The van der Waals surface area contributed by atoms with Crippen LogP contribution in [0.5, 0.6) is 0 Å². The number of benzene rings is 1. The summed E-state index contributed by atoms with van der Waals surface area (Å²) in [6.07, 6.45) is 3.00. The van der Waals surface area contributed by atoms with Crippen LogP contribution in [0.3, 0.4) is 0 Å².